The van der Waals surface area contributed by atoms with Gasteiger partial charge in [0.05, 0.1) is 4.99 Å². The highest BCUT2D eigenvalue weighted by Gasteiger charge is 2.45. The first-order valence-corrected chi connectivity index (χ1v) is 7.68. The van der Waals surface area contributed by atoms with Gasteiger partial charge < -0.3 is 15.4 Å². The Morgan fingerprint density at radius 3 is 2.53 bits per heavy atom. The number of rotatable bonds is 6. The van der Waals surface area contributed by atoms with Gasteiger partial charge in [0.1, 0.15) is 5.41 Å². The van der Waals surface area contributed by atoms with Crippen molar-refractivity contribution in [1.82, 2.24) is 4.90 Å². The van der Waals surface area contributed by atoms with Crippen LogP contribution in [0.25, 0.3) is 0 Å². The molecule has 0 spiro atoms. The molecule has 108 valence electrons. The van der Waals surface area contributed by atoms with Gasteiger partial charge >= 0.3 is 0 Å². The Morgan fingerprint density at radius 1 is 1.42 bits per heavy atom. The maximum Gasteiger partial charge on any atom is 0.235 e. The second-order valence-electron chi connectivity index (χ2n) is 5.75. The van der Waals surface area contributed by atoms with Gasteiger partial charge in [0, 0.05) is 26.3 Å². The molecule has 0 unspecified atom stereocenters. The number of ether oxygens (including phenoxy) is 1. The molecule has 19 heavy (non-hydrogen) atoms. The Bertz CT molecular complexity index is 349. The van der Waals surface area contributed by atoms with Gasteiger partial charge in [-0.25, -0.2) is 0 Å². The maximum absolute atomic E-state index is 12.9. The van der Waals surface area contributed by atoms with Crippen molar-refractivity contribution in [2.75, 3.05) is 26.3 Å². The number of hydrogen-bond acceptors (Lipinski definition) is 3. The van der Waals surface area contributed by atoms with Crippen molar-refractivity contribution >= 4 is 23.1 Å². The van der Waals surface area contributed by atoms with Crippen LogP contribution < -0.4 is 5.73 Å². The maximum atomic E-state index is 12.9. The van der Waals surface area contributed by atoms with E-state index in [0.717, 1.165) is 19.5 Å². The van der Waals surface area contributed by atoms with Crippen molar-refractivity contribution in [1.29, 1.82) is 0 Å². The van der Waals surface area contributed by atoms with Crippen LogP contribution >= 0.6 is 12.2 Å². The van der Waals surface area contributed by atoms with Crippen molar-refractivity contribution in [3.05, 3.63) is 0 Å². The summed E-state index contributed by atoms with van der Waals surface area (Å²) in [5.41, 5.74) is 5.26. The minimum Gasteiger partial charge on any atom is -0.392 e. The van der Waals surface area contributed by atoms with E-state index < -0.39 is 5.41 Å². The number of carbonyl (C=O) groups is 1. The predicted octanol–water partition coefficient (Wildman–Crippen LogP) is 1.72. The Morgan fingerprint density at radius 2 is 2.05 bits per heavy atom. The first kappa shape index (κ1) is 14.7. The summed E-state index contributed by atoms with van der Waals surface area (Å²) in [5.74, 6) is 0.829. The van der Waals surface area contributed by atoms with Gasteiger partial charge in [0.2, 0.25) is 5.91 Å². The minimum absolute atomic E-state index is 0.136. The van der Waals surface area contributed by atoms with Crippen LogP contribution in [0.5, 0.6) is 0 Å². The van der Waals surface area contributed by atoms with Gasteiger partial charge in [-0.3, -0.25) is 4.79 Å². The van der Waals surface area contributed by atoms with Gasteiger partial charge in [0.15, 0.2) is 0 Å². The minimum atomic E-state index is -0.655. The van der Waals surface area contributed by atoms with Crippen LogP contribution in [0.3, 0.4) is 0 Å². The zero-order valence-electron chi connectivity index (χ0n) is 11.7. The number of nitrogens with zero attached hydrogens (tertiary/aromatic N) is 1. The van der Waals surface area contributed by atoms with Crippen LogP contribution in [-0.4, -0.2) is 42.1 Å². The number of carbonyl (C=O) groups excluding carboxylic acids is 1. The van der Waals surface area contributed by atoms with Crippen molar-refractivity contribution in [2.45, 2.75) is 39.0 Å². The average Bonchev–Trinajstić information content (AvgIpc) is 3.22. The average molecular weight is 284 g/mol. The summed E-state index contributed by atoms with van der Waals surface area (Å²) in [6, 6.07) is 0. The van der Waals surface area contributed by atoms with Gasteiger partial charge in [-0.05, 0) is 38.0 Å². The highest BCUT2D eigenvalue weighted by Crippen LogP contribution is 2.36. The Labute approximate surface area is 120 Å². The fraction of sp³-hybridized carbons (Fsp3) is 0.857. The van der Waals surface area contributed by atoms with Gasteiger partial charge in [-0.2, -0.15) is 0 Å². The van der Waals surface area contributed by atoms with Crippen molar-refractivity contribution in [3.8, 4) is 0 Å². The van der Waals surface area contributed by atoms with Crippen LogP contribution in [0.1, 0.15) is 39.0 Å². The van der Waals surface area contributed by atoms with E-state index in [0.29, 0.717) is 37.0 Å². The fourth-order valence-corrected chi connectivity index (χ4v) is 3.04. The van der Waals surface area contributed by atoms with E-state index in [2.05, 4.69) is 6.92 Å². The molecule has 1 saturated carbocycles. The van der Waals surface area contributed by atoms with E-state index in [9.17, 15) is 4.79 Å². The highest BCUT2D eigenvalue weighted by atomic mass is 32.1. The predicted molar refractivity (Wildman–Crippen MR) is 78.9 cm³/mol. The molecule has 2 N–H and O–H groups in total. The van der Waals surface area contributed by atoms with Crippen molar-refractivity contribution < 1.29 is 9.53 Å². The topological polar surface area (TPSA) is 55.6 Å². The molecule has 0 bridgehead atoms. The molecule has 0 aromatic heterocycles. The first-order chi connectivity index (χ1) is 9.10. The normalized spacial score (nSPS) is 21.9. The molecule has 2 aliphatic rings. The van der Waals surface area contributed by atoms with E-state index in [1.54, 1.807) is 0 Å². The zero-order valence-corrected chi connectivity index (χ0v) is 12.5. The summed E-state index contributed by atoms with van der Waals surface area (Å²) in [7, 11) is 0. The Hall–Kier alpha value is -0.680. The molecule has 0 radical (unpaired) electrons. The third kappa shape index (κ3) is 3.26. The highest BCUT2D eigenvalue weighted by molar-refractivity contribution is 7.80. The summed E-state index contributed by atoms with van der Waals surface area (Å²) < 4.78 is 5.37. The molecule has 0 aromatic rings. The monoisotopic (exact) mass is 284 g/mol. The third-order valence-electron chi connectivity index (χ3n) is 4.18. The third-order valence-corrected chi connectivity index (χ3v) is 4.57. The molecular formula is C14H24N2O2S. The number of nitrogens with two attached hydrogens (primary N) is 1. The van der Waals surface area contributed by atoms with Crippen LogP contribution in [0.2, 0.25) is 0 Å². The van der Waals surface area contributed by atoms with E-state index in [1.807, 2.05) is 4.90 Å². The Kier molecular flexibility index (Phi) is 4.79. The Balaban J connectivity index is 2.13. The fourth-order valence-electron chi connectivity index (χ4n) is 2.75. The SMILES string of the molecule is CCCN(CC1CC1)C(=O)C1(C(N)=S)CCOCC1. The quantitative estimate of drug-likeness (QED) is 0.755. The smallest absolute Gasteiger partial charge is 0.235 e. The van der Waals surface area contributed by atoms with Crippen LogP contribution in [0, 0.1) is 11.3 Å². The standard InChI is InChI=1S/C14H24N2O2S/c1-2-7-16(10-11-3-4-11)13(17)14(12(15)19)5-8-18-9-6-14/h11H,2-10H2,1H3,(H2,15,19). The summed E-state index contributed by atoms with van der Waals surface area (Å²) in [6.45, 7) is 4.93. The summed E-state index contributed by atoms with van der Waals surface area (Å²) in [4.78, 5) is 15.3. The summed E-state index contributed by atoms with van der Waals surface area (Å²) in [5, 5.41) is 0. The summed E-state index contributed by atoms with van der Waals surface area (Å²) >= 11 is 5.21. The zero-order chi connectivity index (χ0) is 13.9. The molecule has 2 rings (SSSR count). The molecule has 2 fully saturated rings. The summed E-state index contributed by atoms with van der Waals surface area (Å²) in [6.07, 6.45) is 4.73. The van der Waals surface area contributed by atoms with E-state index >= 15 is 0 Å². The van der Waals surface area contributed by atoms with Crippen LogP contribution in [0.4, 0.5) is 0 Å². The molecule has 1 aliphatic carbocycles. The molecule has 5 heteroatoms. The van der Waals surface area contributed by atoms with E-state index in [4.69, 9.17) is 22.7 Å². The van der Waals surface area contributed by atoms with Crippen molar-refractivity contribution in [3.63, 3.8) is 0 Å². The molecule has 1 amide bonds. The number of thiocarbonyl (C=S) groups is 1. The van der Waals surface area contributed by atoms with Gasteiger partial charge in [0.25, 0.3) is 0 Å². The molecule has 0 atom stereocenters. The van der Waals surface area contributed by atoms with E-state index in [-0.39, 0.29) is 5.91 Å². The van der Waals surface area contributed by atoms with Crippen LogP contribution in [-0.2, 0) is 9.53 Å². The number of hydrogen-bond donors (Lipinski definition) is 1. The second kappa shape index (κ2) is 6.18. The molecule has 0 aromatic carbocycles. The first-order valence-electron chi connectivity index (χ1n) is 7.27. The lowest BCUT2D eigenvalue weighted by Crippen LogP contribution is -2.53. The number of amides is 1. The largest absolute Gasteiger partial charge is 0.392 e. The molecule has 1 aliphatic heterocycles. The lowest BCUT2D eigenvalue weighted by molar-refractivity contribution is -0.142. The molecule has 1 saturated heterocycles. The molecular weight excluding hydrogens is 260 g/mol. The van der Waals surface area contributed by atoms with Crippen LogP contribution in [0.15, 0.2) is 0 Å². The lowest BCUT2D eigenvalue weighted by atomic mass is 9.78. The second-order valence-corrected chi connectivity index (χ2v) is 6.19. The molecule has 4 nitrogen and oxygen atoms in total. The van der Waals surface area contributed by atoms with Gasteiger partial charge in [-0.1, -0.05) is 19.1 Å². The van der Waals surface area contributed by atoms with Crippen molar-refractivity contribution in [2.24, 2.45) is 17.1 Å². The van der Waals surface area contributed by atoms with E-state index in [1.165, 1.54) is 12.8 Å². The molecule has 1 heterocycles. The van der Waals surface area contributed by atoms with Gasteiger partial charge in [-0.15, -0.1) is 0 Å². The lowest BCUT2D eigenvalue weighted by Gasteiger charge is -2.39.